The smallest absolute Gasteiger partial charge is 0.358 e. The summed E-state index contributed by atoms with van der Waals surface area (Å²) in [7, 11) is -2.92. The van der Waals surface area contributed by atoms with E-state index in [0.29, 0.717) is 0 Å². The molecule has 0 atom stereocenters. The van der Waals surface area contributed by atoms with Crippen LogP contribution in [0.2, 0.25) is 0 Å². The number of unbranched alkanes of at least 4 members (excludes halogenated alkanes) is 54. The van der Waals surface area contributed by atoms with Gasteiger partial charge in [-0.1, -0.05) is 497 Å². The topological polar surface area (TPSA) is 69.2 Å². The molecule has 648 valence electrons. The highest BCUT2D eigenvalue weighted by Gasteiger charge is 2.26. The van der Waals surface area contributed by atoms with E-state index in [2.05, 4.69) is 187 Å². The van der Waals surface area contributed by atoms with Gasteiger partial charge in [0.15, 0.2) is 21.4 Å². The van der Waals surface area contributed by atoms with Crippen LogP contribution in [0.4, 0.5) is 0 Å². The summed E-state index contributed by atoms with van der Waals surface area (Å²) in [6.45, 7) is 13.8. The Balaban J connectivity index is 0.000000435. The fourth-order valence-corrected chi connectivity index (χ4v) is 24.9. The van der Waals surface area contributed by atoms with Crippen LogP contribution in [0, 0.1) is 21.4 Å². The molecular weight excluding hydrogens is 1740 g/mol. The van der Waals surface area contributed by atoms with Crippen molar-refractivity contribution >= 4 is 7.32 Å². The van der Waals surface area contributed by atoms with Crippen LogP contribution in [-0.2, 0) is 38.5 Å². The maximum atomic E-state index is 8.42. The van der Waals surface area contributed by atoms with Crippen molar-refractivity contribution in [1.82, 2.24) is 0 Å². The van der Waals surface area contributed by atoms with Crippen molar-refractivity contribution < 1.29 is 78.7 Å². The number of hydrogen-bond acceptors (Lipinski definition) is 3. The van der Waals surface area contributed by atoms with Crippen molar-refractivity contribution in [1.29, 1.82) is 0 Å². The summed E-state index contributed by atoms with van der Waals surface area (Å²) in [6, 6.07) is 56.2. The molecule has 3 nitrogen and oxygen atoms in total. The van der Waals surface area contributed by atoms with Crippen LogP contribution in [0.3, 0.4) is 0 Å². The lowest BCUT2D eigenvalue weighted by molar-refractivity contribution is -0.599. The first kappa shape index (κ1) is 107. The summed E-state index contributed by atoms with van der Waals surface area (Å²) >= 11 is -0.284. The fourth-order valence-electron chi connectivity index (χ4n) is 15.9. The third kappa shape index (κ3) is 61.4. The van der Waals surface area contributed by atoms with E-state index in [0.717, 1.165) is 0 Å². The summed E-state index contributed by atoms with van der Waals surface area (Å²) in [5, 5.41) is 25.2. The average molecular weight is 1910 g/mol. The molecule has 0 unspecified atom stereocenters. The highest BCUT2D eigenvalue weighted by Crippen LogP contribution is 2.21. The number of aryl methyl sites for hydroxylation is 6. The summed E-state index contributed by atoms with van der Waals surface area (Å²) in [5.74, 6) is 0. The second-order valence-electron chi connectivity index (χ2n) is 33.7. The summed E-state index contributed by atoms with van der Waals surface area (Å²) in [5.41, 5.74) is 9.77. The van der Waals surface area contributed by atoms with Gasteiger partial charge in [-0.05, 0) is 113 Å². The first-order valence-electron chi connectivity index (χ1n) is 49.2. The van der Waals surface area contributed by atoms with E-state index < -0.39 is 7.32 Å². The Hall–Kier alpha value is -2.55. The zero-order chi connectivity index (χ0) is 82.3. The van der Waals surface area contributed by atoms with Crippen molar-refractivity contribution in [2.75, 3.05) is 0 Å². The molecule has 0 N–H and O–H groups in total. The van der Waals surface area contributed by atoms with Gasteiger partial charge in [-0.2, -0.15) is 0 Å². The minimum atomic E-state index is -2.92. The maximum Gasteiger partial charge on any atom is 0.358 e. The van der Waals surface area contributed by atoms with Crippen molar-refractivity contribution in [3.8, 4) is 0 Å². The van der Waals surface area contributed by atoms with Crippen LogP contribution in [-0.4, -0.2) is 7.32 Å². The van der Waals surface area contributed by atoms with E-state index in [1.54, 1.807) is 54.8 Å². The van der Waals surface area contributed by atoms with Crippen molar-refractivity contribution in [2.45, 2.75) is 465 Å². The van der Waals surface area contributed by atoms with Crippen molar-refractivity contribution in [3.63, 3.8) is 0 Å². The van der Waals surface area contributed by atoms with Gasteiger partial charge in [-0.3, -0.25) is 7.32 Å². The Bertz CT molecular complexity index is 2540. The molecule has 0 aliphatic carbocycles. The van der Waals surface area contributed by atoms with Gasteiger partial charge in [-0.15, -0.1) is 0 Å². The minimum Gasteiger partial charge on any atom is -0.907 e. The largest absolute Gasteiger partial charge is 0.907 e. The summed E-state index contributed by atoms with van der Waals surface area (Å²) in [4.78, 5) is 0. The highest BCUT2D eigenvalue weighted by atomic mass is 127. The van der Waals surface area contributed by atoms with Crippen LogP contribution < -0.4 is 78.7 Å². The van der Waals surface area contributed by atoms with Crippen LogP contribution >= 0.6 is 0 Å². The van der Waals surface area contributed by atoms with Gasteiger partial charge >= 0.3 is 63.6 Å². The van der Waals surface area contributed by atoms with Crippen LogP contribution in [0.1, 0.15) is 460 Å². The van der Waals surface area contributed by atoms with Crippen molar-refractivity contribution in [2.24, 2.45) is 0 Å². The molecule has 0 aliphatic rings. The first-order chi connectivity index (χ1) is 56.8. The van der Waals surface area contributed by atoms with Crippen molar-refractivity contribution in [3.05, 3.63) is 200 Å². The van der Waals surface area contributed by atoms with Gasteiger partial charge in [0.05, 0.1) is 0 Å². The Labute approximate surface area is 744 Å². The molecule has 0 bridgehead atoms. The second kappa shape index (κ2) is 81.1. The summed E-state index contributed by atoms with van der Waals surface area (Å²) in [6.07, 6.45) is 92.7. The zero-order valence-electron chi connectivity index (χ0n) is 75.5. The Kier molecular flexibility index (Phi) is 75.2. The molecule has 0 aliphatic heterocycles. The lowest BCUT2D eigenvalue weighted by Crippen LogP contribution is -3.62. The van der Waals surface area contributed by atoms with E-state index in [1.165, 1.54) is 424 Å². The summed E-state index contributed by atoms with van der Waals surface area (Å²) < 4.78 is 9.96. The van der Waals surface area contributed by atoms with Gasteiger partial charge in [0.25, 0.3) is 0 Å². The van der Waals surface area contributed by atoms with E-state index in [1.807, 2.05) is 0 Å². The number of benzene rings is 6. The molecule has 0 heterocycles. The molecule has 0 fully saturated rings. The molecule has 0 aromatic heterocycles. The third-order valence-corrected chi connectivity index (χ3v) is 33.0. The number of hydrogen-bond donors (Lipinski definition) is 0. The molecule has 0 saturated heterocycles. The Morgan fingerprint density at radius 3 is 0.365 bits per heavy atom. The lowest BCUT2D eigenvalue weighted by Gasteiger charge is -2.35. The van der Waals surface area contributed by atoms with E-state index in [9.17, 15) is 0 Å². The average Bonchev–Trinajstić information content (AvgIpc) is 0.860. The molecule has 115 heavy (non-hydrogen) atoms. The monoisotopic (exact) mass is 1910 g/mol. The fraction of sp³-hybridized carbons (Fsp3) is 0.667. The lowest BCUT2D eigenvalue weighted by atomic mass is 10.0. The van der Waals surface area contributed by atoms with Gasteiger partial charge in [-0.25, -0.2) is 0 Å². The van der Waals surface area contributed by atoms with Gasteiger partial charge in [0, 0.05) is 33.4 Å². The standard InChI is InChI=1S/3C36H58I.BO3/c3*1-3-5-7-9-11-13-15-17-19-21-27-33-29-23-25-31-35(33)37-36-32-26-24-30-34(36)28-22-20-18-16-14-12-10-8-6-4-2;2-1(3)4/h3*23-26,29-32H,3-22,27-28H2,1-2H3;/q3*+1;-3. The molecule has 6 aromatic rings. The van der Waals surface area contributed by atoms with E-state index in [4.69, 9.17) is 15.1 Å². The molecule has 7 heteroatoms. The van der Waals surface area contributed by atoms with E-state index >= 15 is 0 Å². The second-order valence-corrected chi connectivity index (χ2v) is 42.3. The van der Waals surface area contributed by atoms with Gasteiger partial charge < -0.3 is 15.1 Å². The van der Waals surface area contributed by atoms with Crippen LogP contribution in [0.25, 0.3) is 0 Å². The normalized spacial score (nSPS) is 11.1. The van der Waals surface area contributed by atoms with Gasteiger partial charge in [0.2, 0.25) is 0 Å². The molecule has 0 amide bonds. The Morgan fingerprint density at radius 1 is 0.157 bits per heavy atom. The quantitative estimate of drug-likeness (QED) is 0.0217. The number of halogens is 3. The number of rotatable bonds is 72. The van der Waals surface area contributed by atoms with Crippen LogP contribution in [0.15, 0.2) is 146 Å². The maximum absolute atomic E-state index is 8.42. The molecule has 0 saturated carbocycles. The minimum absolute atomic E-state index is 0.0947. The zero-order valence-corrected chi connectivity index (χ0v) is 81.9. The predicted octanol–water partition coefficient (Wildman–Crippen LogP) is 22.3. The van der Waals surface area contributed by atoms with Crippen LogP contribution in [0.5, 0.6) is 0 Å². The SMILES string of the molecule is CCCCCCCCCCCCc1ccccc1[I+]c1ccccc1CCCCCCCCCCCC.CCCCCCCCCCCCc1ccccc1[I+]c1ccccc1CCCCCCCCCCCC.CCCCCCCCCCCCc1ccccc1[I+]c1ccccc1CCCCCCCCCCCC.[O-]B([O-])[O-]. The third-order valence-electron chi connectivity index (χ3n) is 23.2. The highest BCUT2D eigenvalue weighted by molar-refractivity contribution is 6.24. The van der Waals surface area contributed by atoms with Gasteiger partial charge in [0.1, 0.15) is 0 Å². The molecule has 0 radical (unpaired) electrons. The van der Waals surface area contributed by atoms with E-state index in [-0.39, 0.29) is 63.6 Å². The molecule has 0 spiro atoms. The molecule has 6 rings (SSSR count). The first-order valence-corrected chi connectivity index (χ1v) is 55.6. The Morgan fingerprint density at radius 2 is 0.252 bits per heavy atom. The molecule has 6 aromatic carbocycles. The molecular formula is C108H174BI3O3. The predicted molar refractivity (Wildman–Crippen MR) is 490 cm³/mol.